The lowest BCUT2D eigenvalue weighted by Crippen LogP contribution is -2.49. The van der Waals surface area contributed by atoms with Crippen LogP contribution in [-0.2, 0) is 16.0 Å². The first-order valence-corrected chi connectivity index (χ1v) is 9.99. The molecule has 8 nitrogen and oxygen atoms in total. The van der Waals surface area contributed by atoms with E-state index < -0.39 is 0 Å². The standard InChI is InChI=1S/C21H28N6O2/c1-22-9-2-4-19(28)25-18-7-5-17(6-8-18)16-20(29)26-12-14-27(15-13-26)21-23-10-3-11-24-21/h3,5-8,10-11,22H,2,4,9,12-16H2,1H3,(H,25,28). The van der Waals surface area contributed by atoms with E-state index in [0.29, 0.717) is 31.9 Å². The Labute approximate surface area is 171 Å². The normalized spacial score (nSPS) is 14.0. The number of nitrogens with zero attached hydrogens (tertiary/aromatic N) is 4. The van der Waals surface area contributed by atoms with Crippen molar-refractivity contribution in [3.63, 3.8) is 0 Å². The Balaban J connectivity index is 1.44. The molecule has 0 spiro atoms. The van der Waals surface area contributed by atoms with Crippen molar-refractivity contribution in [3.8, 4) is 0 Å². The van der Waals surface area contributed by atoms with Gasteiger partial charge < -0.3 is 20.4 Å². The van der Waals surface area contributed by atoms with E-state index in [1.54, 1.807) is 18.5 Å². The van der Waals surface area contributed by atoms with E-state index in [1.807, 2.05) is 36.2 Å². The molecule has 0 atom stereocenters. The van der Waals surface area contributed by atoms with Crippen molar-refractivity contribution >= 4 is 23.5 Å². The molecule has 0 unspecified atom stereocenters. The number of hydrogen-bond acceptors (Lipinski definition) is 6. The van der Waals surface area contributed by atoms with Crippen LogP contribution < -0.4 is 15.5 Å². The fraction of sp³-hybridized carbons (Fsp3) is 0.429. The van der Waals surface area contributed by atoms with Crippen molar-refractivity contribution < 1.29 is 9.59 Å². The number of piperazine rings is 1. The molecule has 1 aromatic heterocycles. The minimum atomic E-state index is 0.00402. The molecule has 154 valence electrons. The molecule has 0 saturated carbocycles. The molecule has 1 aromatic carbocycles. The van der Waals surface area contributed by atoms with E-state index in [2.05, 4.69) is 25.5 Å². The predicted molar refractivity (Wildman–Crippen MR) is 113 cm³/mol. The maximum Gasteiger partial charge on any atom is 0.227 e. The maximum atomic E-state index is 12.6. The molecule has 8 heteroatoms. The monoisotopic (exact) mass is 396 g/mol. The van der Waals surface area contributed by atoms with Gasteiger partial charge in [0, 0.05) is 50.7 Å². The van der Waals surface area contributed by atoms with Gasteiger partial charge >= 0.3 is 0 Å². The van der Waals surface area contributed by atoms with Gasteiger partial charge in [0.2, 0.25) is 17.8 Å². The van der Waals surface area contributed by atoms with E-state index in [0.717, 1.165) is 37.3 Å². The molecule has 1 aliphatic heterocycles. The summed E-state index contributed by atoms with van der Waals surface area (Å²) in [6.07, 6.45) is 5.11. The highest BCUT2D eigenvalue weighted by atomic mass is 16.2. The predicted octanol–water partition coefficient (Wildman–Crippen LogP) is 1.31. The highest BCUT2D eigenvalue weighted by Crippen LogP contribution is 2.14. The Bertz CT molecular complexity index is 789. The Kier molecular flexibility index (Phi) is 7.52. The number of nitrogens with one attached hydrogen (secondary N) is 2. The number of anilines is 2. The third-order valence-electron chi connectivity index (χ3n) is 4.89. The van der Waals surface area contributed by atoms with Crippen molar-refractivity contribution in [1.82, 2.24) is 20.2 Å². The summed E-state index contributed by atoms with van der Waals surface area (Å²) in [5.41, 5.74) is 1.70. The van der Waals surface area contributed by atoms with E-state index in [-0.39, 0.29) is 11.8 Å². The van der Waals surface area contributed by atoms with Gasteiger partial charge in [-0.25, -0.2) is 9.97 Å². The number of rotatable bonds is 8. The topological polar surface area (TPSA) is 90.5 Å². The third-order valence-corrected chi connectivity index (χ3v) is 4.89. The van der Waals surface area contributed by atoms with Crippen LogP contribution in [0.4, 0.5) is 11.6 Å². The van der Waals surface area contributed by atoms with Crippen LogP contribution >= 0.6 is 0 Å². The summed E-state index contributed by atoms with van der Waals surface area (Å²) in [6.45, 7) is 3.61. The maximum absolute atomic E-state index is 12.6. The lowest BCUT2D eigenvalue weighted by Gasteiger charge is -2.34. The SMILES string of the molecule is CNCCCC(=O)Nc1ccc(CC(=O)N2CCN(c3ncccn3)CC2)cc1. The Morgan fingerprint density at radius 3 is 2.38 bits per heavy atom. The van der Waals surface area contributed by atoms with Crippen LogP contribution in [0.5, 0.6) is 0 Å². The van der Waals surface area contributed by atoms with E-state index in [9.17, 15) is 9.59 Å². The number of hydrogen-bond donors (Lipinski definition) is 2. The molecular weight excluding hydrogens is 368 g/mol. The fourth-order valence-corrected chi connectivity index (χ4v) is 3.25. The van der Waals surface area contributed by atoms with Gasteiger partial charge in [-0.1, -0.05) is 12.1 Å². The van der Waals surface area contributed by atoms with Crippen LogP contribution in [0, 0.1) is 0 Å². The lowest BCUT2D eigenvalue weighted by atomic mass is 10.1. The zero-order chi connectivity index (χ0) is 20.5. The molecule has 1 saturated heterocycles. The van der Waals surface area contributed by atoms with Gasteiger partial charge in [0.15, 0.2) is 0 Å². The van der Waals surface area contributed by atoms with Crippen molar-refractivity contribution in [2.45, 2.75) is 19.3 Å². The van der Waals surface area contributed by atoms with Gasteiger partial charge in [0.25, 0.3) is 0 Å². The summed E-state index contributed by atoms with van der Waals surface area (Å²) < 4.78 is 0. The van der Waals surface area contributed by atoms with Crippen LogP contribution in [-0.4, -0.2) is 66.5 Å². The van der Waals surface area contributed by atoms with Crippen molar-refractivity contribution in [1.29, 1.82) is 0 Å². The second kappa shape index (κ2) is 10.5. The first-order chi connectivity index (χ1) is 14.2. The summed E-state index contributed by atoms with van der Waals surface area (Å²) >= 11 is 0. The zero-order valence-corrected chi connectivity index (χ0v) is 16.8. The van der Waals surface area contributed by atoms with Gasteiger partial charge in [-0.2, -0.15) is 0 Å². The number of carbonyl (C=O) groups excluding carboxylic acids is 2. The van der Waals surface area contributed by atoms with Crippen LogP contribution in [0.15, 0.2) is 42.7 Å². The van der Waals surface area contributed by atoms with E-state index >= 15 is 0 Å². The fourth-order valence-electron chi connectivity index (χ4n) is 3.25. The average Bonchev–Trinajstić information content (AvgIpc) is 2.76. The van der Waals surface area contributed by atoms with Crippen molar-refractivity contribution in [2.24, 2.45) is 0 Å². The van der Waals surface area contributed by atoms with Gasteiger partial charge in [-0.3, -0.25) is 9.59 Å². The molecule has 2 N–H and O–H groups in total. The van der Waals surface area contributed by atoms with Crippen molar-refractivity contribution in [2.75, 3.05) is 50.0 Å². The Morgan fingerprint density at radius 1 is 1.03 bits per heavy atom. The largest absolute Gasteiger partial charge is 0.339 e. The molecule has 0 radical (unpaired) electrons. The molecule has 3 rings (SSSR count). The van der Waals surface area contributed by atoms with Crippen LogP contribution in [0.25, 0.3) is 0 Å². The van der Waals surface area contributed by atoms with Gasteiger partial charge in [-0.15, -0.1) is 0 Å². The van der Waals surface area contributed by atoms with Gasteiger partial charge in [0.1, 0.15) is 0 Å². The molecule has 29 heavy (non-hydrogen) atoms. The molecule has 2 heterocycles. The smallest absolute Gasteiger partial charge is 0.227 e. The summed E-state index contributed by atoms with van der Waals surface area (Å²) in [5.74, 6) is 0.829. The summed E-state index contributed by atoms with van der Waals surface area (Å²) in [5, 5.41) is 5.91. The highest BCUT2D eigenvalue weighted by Gasteiger charge is 2.22. The number of amides is 2. The quantitative estimate of drug-likeness (QED) is 0.654. The third kappa shape index (κ3) is 6.25. The minimum absolute atomic E-state index is 0.00402. The number of carbonyl (C=O) groups is 2. The Morgan fingerprint density at radius 2 is 1.72 bits per heavy atom. The first kappa shape index (κ1) is 20.7. The molecule has 2 amide bonds. The minimum Gasteiger partial charge on any atom is -0.339 e. The van der Waals surface area contributed by atoms with Crippen LogP contribution in [0.1, 0.15) is 18.4 Å². The summed E-state index contributed by atoms with van der Waals surface area (Å²) in [6, 6.07) is 9.29. The second-order valence-corrected chi connectivity index (χ2v) is 7.05. The highest BCUT2D eigenvalue weighted by molar-refractivity contribution is 5.90. The zero-order valence-electron chi connectivity index (χ0n) is 16.8. The molecule has 2 aromatic rings. The first-order valence-electron chi connectivity index (χ1n) is 9.99. The van der Waals surface area contributed by atoms with E-state index in [1.165, 1.54) is 0 Å². The van der Waals surface area contributed by atoms with Gasteiger partial charge in [-0.05, 0) is 43.8 Å². The summed E-state index contributed by atoms with van der Waals surface area (Å²) in [7, 11) is 1.87. The molecule has 1 aliphatic rings. The molecule has 1 fully saturated rings. The van der Waals surface area contributed by atoms with E-state index in [4.69, 9.17) is 0 Å². The summed E-state index contributed by atoms with van der Waals surface area (Å²) in [4.78, 5) is 37.0. The lowest BCUT2D eigenvalue weighted by molar-refractivity contribution is -0.130. The number of aromatic nitrogens is 2. The molecule has 0 aliphatic carbocycles. The van der Waals surface area contributed by atoms with Gasteiger partial charge in [0.05, 0.1) is 6.42 Å². The van der Waals surface area contributed by atoms with Crippen LogP contribution in [0.3, 0.4) is 0 Å². The molecular formula is C21H28N6O2. The number of benzene rings is 1. The molecule has 0 bridgehead atoms. The van der Waals surface area contributed by atoms with Crippen LogP contribution in [0.2, 0.25) is 0 Å². The average molecular weight is 396 g/mol. The second-order valence-electron chi connectivity index (χ2n) is 7.05. The van der Waals surface area contributed by atoms with Crippen molar-refractivity contribution in [3.05, 3.63) is 48.3 Å². The Hall–Kier alpha value is -3.00.